The van der Waals surface area contributed by atoms with Crippen LogP contribution in [0.25, 0.3) is 0 Å². The van der Waals surface area contributed by atoms with Crippen LogP contribution in [0.5, 0.6) is 23.0 Å². The monoisotopic (exact) mass is 376 g/mol. The first-order valence-electron chi connectivity index (χ1n) is 9.01. The molecule has 0 bridgehead atoms. The molecule has 28 heavy (non-hydrogen) atoms. The molecule has 0 spiro atoms. The largest absolute Gasteiger partial charge is 0.497 e. The Morgan fingerprint density at radius 1 is 0.929 bits per heavy atom. The molecule has 0 radical (unpaired) electrons. The minimum atomic E-state index is -0.703. The minimum absolute atomic E-state index is 0.123. The highest BCUT2D eigenvalue weighted by atomic mass is 16.5. The highest BCUT2D eigenvalue weighted by Gasteiger charge is 2.31. The molecule has 1 atom stereocenters. The predicted molar refractivity (Wildman–Crippen MR) is 104 cm³/mol. The smallest absolute Gasteiger partial charge is 0.210 e. The number of carbonyl (C=O) groups excluding carboxylic acids is 1. The summed E-state index contributed by atoms with van der Waals surface area (Å²) in [5.41, 5.74) is 1.53. The van der Waals surface area contributed by atoms with Gasteiger partial charge in [0.05, 0.1) is 12.7 Å². The van der Waals surface area contributed by atoms with E-state index in [0.29, 0.717) is 29.4 Å². The fraction of sp³-hybridized carbons (Fsp3) is 0.174. The van der Waals surface area contributed by atoms with E-state index in [9.17, 15) is 4.79 Å². The van der Waals surface area contributed by atoms with Crippen molar-refractivity contribution in [1.29, 1.82) is 0 Å². The van der Waals surface area contributed by atoms with Crippen molar-refractivity contribution in [2.75, 3.05) is 13.7 Å². The molecular weight excluding hydrogens is 356 g/mol. The highest BCUT2D eigenvalue weighted by molar-refractivity contribution is 6.03. The average Bonchev–Trinajstić information content (AvgIpc) is 2.75. The van der Waals surface area contributed by atoms with Crippen LogP contribution >= 0.6 is 0 Å². The first kappa shape index (κ1) is 17.9. The van der Waals surface area contributed by atoms with Gasteiger partial charge in [0, 0.05) is 0 Å². The second-order valence-electron chi connectivity index (χ2n) is 6.39. The molecule has 5 heteroatoms. The maximum Gasteiger partial charge on any atom is 0.210 e. The zero-order chi connectivity index (χ0) is 19.3. The van der Waals surface area contributed by atoms with Crippen LogP contribution in [0.3, 0.4) is 0 Å². The number of fused-ring (bicyclic) bond motifs is 1. The second kappa shape index (κ2) is 8.05. The fourth-order valence-electron chi connectivity index (χ4n) is 2.98. The number of carbonyl (C=O) groups is 1. The molecule has 0 aliphatic carbocycles. The number of rotatable bonds is 6. The Balaban J connectivity index is 1.46. The maximum atomic E-state index is 12.9. The molecule has 0 amide bonds. The van der Waals surface area contributed by atoms with Gasteiger partial charge in [-0.25, -0.2) is 0 Å². The summed E-state index contributed by atoms with van der Waals surface area (Å²) in [5.74, 6) is 2.35. The molecule has 1 heterocycles. The normalized spacial score (nSPS) is 15.3. The van der Waals surface area contributed by atoms with Crippen LogP contribution in [0.4, 0.5) is 0 Å². The van der Waals surface area contributed by atoms with Crippen molar-refractivity contribution in [2.45, 2.75) is 12.7 Å². The van der Waals surface area contributed by atoms with Crippen LogP contribution in [0, 0.1) is 0 Å². The van der Waals surface area contributed by atoms with E-state index in [4.69, 9.17) is 18.9 Å². The van der Waals surface area contributed by atoms with Crippen LogP contribution < -0.4 is 18.9 Å². The maximum absolute atomic E-state index is 12.9. The number of methoxy groups -OCH3 is 1. The zero-order valence-corrected chi connectivity index (χ0v) is 15.5. The number of ether oxygens (including phenoxy) is 4. The van der Waals surface area contributed by atoms with Crippen molar-refractivity contribution in [2.24, 2.45) is 0 Å². The Hall–Kier alpha value is -3.47. The van der Waals surface area contributed by atoms with E-state index in [1.165, 1.54) is 0 Å². The number of benzene rings is 3. The Morgan fingerprint density at radius 2 is 1.64 bits per heavy atom. The molecule has 1 unspecified atom stereocenters. The third-order valence-corrected chi connectivity index (χ3v) is 4.49. The predicted octanol–water partition coefficient (Wildman–Crippen LogP) is 4.30. The summed E-state index contributed by atoms with van der Waals surface area (Å²) in [6.45, 7) is 0.600. The number of Topliss-reactive ketones (excluding diaryl/α,β-unsaturated/α-hetero) is 1. The third kappa shape index (κ3) is 3.93. The van der Waals surface area contributed by atoms with Crippen molar-refractivity contribution >= 4 is 5.78 Å². The molecule has 0 N–H and O–H groups in total. The molecule has 0 saturated heterocycles. The molecule has 0 saturated carbocycles. The van der Waals surface area contributed by atoms with Crippen LogP contribution in [0.1, 0.15) is 15.9 Å². The summed E-state index contributed by atoms with van der Waals surface area (Å²) in [5, 5.41) is 0. The minimum Gasteiger partial charge on any atom is -0.497 e. The summed E-state index contributed by atoms with van der Waals surface area (Å²) < 4.78 is 22.5. The van der Waals surface area contributed by atoms with Crippen LogP contribution in [0.15, 0.2) is 72.8 Å². The first-order valence-corrected chi connectivity index (χ1v) is 9.01. The molecule has 3 aromatic carbocycles. The molecule has 0 aromatic heterocycles. The Bertz CT molecular complexity index is 950. The van der Waals surface area contributed by atoms with Gasteiger partial charge in [-0.05, 0) is 48.0 Å². The van der Waals surface area contributed by atoms with E-state index < -0.39 is 6.10 Å². The molecule has 1 aliphatic heterocycles. The van der Waals surface area contributed by atoms with Crippen LogP contribution in [-0.2, 0) is 6.61 Å². The lowest BCUT2D eigenvalue weighted by atomic mass is 10.0. The van der Waals surface area contributed by atoms with Gasteiger partial charge in [0.25, 0.3) is 0 Å². The summed E-state index contributed by atoms with van der Waals surface area (Å²) >= 11 is 0. The quantitative estimate of drug-likeness (QED) is 0.642. The van der Waals surface area contributed by atoms with Crippen molar-refractivity contribution < 1.29 is 23.7 Å². The van der Waals surface area contributed by atoms with Gasteiger partial charge in [0.15, 0.2) is 6.10 Å². The molecule has 3 aromatic rings. The van der Waals surface area contributed by atoms with Gasteiger partial charge in [-0.1, -0.05) is 30.3 Å². The van der Waals surface area contributed by atoms with Gasteiger partial charge < -0.3 is 18.9 Å². The van der Waals surface area contributed by atoms with Gasteiger partial charge >= 0.3 is 0 Å². The average molecular weight is 376 g/mol. The SMILES string of the molecule is COc1ccc(OC2COc3ccc(OCc4ccccc4)cc3C2=O)cc1. The second-order valence-corrected chi connectivity index (χ2v) is 6.39. The van der Waals surface area contributed by atoms with Crippen LogP contribution in [0.2, 0.25) is 0 Å². The summed E-state index contributed by atoms with van der Waals surface area (Å²) in [4.78, 5) is 12.9. The van der Waals surface area contributed by atoms with E-state index in [-0.39, 0.29) is 12.4 Å². The van der Waals surface area contributed by atoms with Crippen molar-refractivity contribution in [3.8, 4) is 23.0 Å². The molecule has 5 nitrogen and oxygen atoms in total. The van der Waals surface area contributed by atoms with Crippen LogP contribution in [-0.4, -0.2) is 25.6 Å². The van der Waals surface area contributed by atoms with E-state index in [2.05, 4.69) is 0 Å². The Kier molecular flexibility index (Phi) is 5.15. The van der Waals surface area contributed by atoms with Gasteiger partial charge in [-0.3, -0.25) is 4.79 Å². The van der Waals surface area contributed by atoms with Crippen molar-refractivity contribution in [1.82, 2.24) is 0 Å². The number of hydrogen-bond donors (Lipinski definition) is 0. The van der Waals surface area contributed by atoms with E-state index in [1.807, 2.05) is 30.3 Å². The van der Waals surface area contributed by atoms with Crippen molar-refractivity contribution in [3.63, 3.8) is 0 Å². The topological polar surface area (TPSA) is 54.0 Å². The molecule has 142 valence electrons. The molecule has 4 rings (SSSR count). The van der Waals surface area contributed by atoms with Crippen molar-refractivity contribution in [3.05, 3.63) is 83.9 Å². The lowest BCUT2D eigenvalue weighted by molar-refractivity contribution is 0.0627. The molecule has 1 aliphatic rings. The third-order valence-electron chi connectivity index (χ3n) is 4.49. The fourth-order valence-corrected chi connectivity index (χ4v) is 2.98. The molecular formula is C23H20O5. The van der Waals surface area contributed by atoms with E-state index >= 15 is 0 Å². The lowest BCUT2D eigenvalue weighted by Crippen LogP contribution is -2.37. The van der Waals surface area contributed by atoms with Gasteiger partial charge in [-0.2, -0.15) is 0 Å². The Morgan fingerprint density at radius 3 is 2.39 bits per heavy atom. The van der Waals surface area contributed by atoms with Gasteiger partial charge in [0.2, 0.25) is 5.78 Å². The van der Waals surface area contributed by atoms with Gasteiger partial charge in [-0.15, -0.1) is 0 Å². The number of ketones is 1. The number of hydrogen-bond acceptors (Lipinski definition) is 5. The summed E-state index contributed by atoms with van der Waals surface area (Å²) in [7, 11) is 1.60. The van der Waals surface area contributed by atoms with E-state index in [0.717, 1.165) is 11.3 Å². The standard InChI is InChI=1S/C23H20O5/c1-25-17-7-9-18(10-8-17)28-22-15-27-21-12-11-19(13-20(21)23(22)24)26-14-16-5-3-2-4-6-16/h2-13,22H,14-15H2,1H3. The molecule has 0 fully saturated rings. The zero-order valence-electron chi connectivity index (χ0n) is 15.5. The lowest BCUT2D eigenvalue weighted by Gasteiger charge is -2.25. The highest BCUT2D eigenvalue weighted by Crippen LogP contribution is 2.31. The van der Waals surface area contributed by atoms with E-state index in [1.54, 1.807) is 49.6 Å². The first-order chi connectivity index (χ1) is 13.7. The summed E-state index contributed by atoms with van der Waals surface area (Å²) in [6, 6.07) is 22.2. The van der Waals surface area contributed by atoms with Gasteiger partial charge in [0.1, 0.15) is 36.2 Å². The Labute approximate surface area is 163 Å². The summed E-state index contributed by atoms with van der Waals surface area (Å²) in [6.07, 6.45) is -0.703.